The second kappa shape index (κ2) is 6.57. The first kappa shape index (κ1) is 17.2. The van der Waals surface area contributed by atoms with E-state index < -0.39 is 0 Å². The van der Waals surface area contributed by atoms with Crippen LogP contribution in [0.25, 0.3) is 21.8 Å². The van der Waals surface area contributed by atoms with Crippen molar-refractivity contribution in [2.75, 3.05) is 0 Å². The van der Waals surface area contributed by atoms with Crippen LogP contribution in [0, 0.1) is 0 Å². The number of aryl methyl sites for hydroxylation is 2. The predicted molar refractivity (Wildman–Crippen MR) is 118 cm³/mol. The molecule has 0 N–H and O–H groups in total. The van der Waals surface area contributed by atoms with Gasteiger partial charge in [-0.1, -0.05) is 60.1 Å². The standard InChI is InChI=1S/C25H21ClN2/c1-27-15-21(19-7-3-5-9-23(19)27)25(17-11-13-18(26)14-12-17)22-16-28(2)24-10-6-4-8-20(22)24/h3-16,25H,1-2H3. The van der Waals surface area contributed by atoms with E-state index in [0.717, 1.165) is 5.02 Å². The molecule has 0 aliphatic carbocycles. The fourth-order valence-corrected chi connectivity index (χ4v) is 4.51. The molecule has 0 spiro atoms. The minimum atomic E-state index is 0.134. The molecule has 2 heterocycles. The number of halogens is 1. The van der Waals surface area contributed by atoms with Gasteiger partial charge in [0.15, 0.2) is 0 Å². The summed E-state index contributed by atoms with van der Waals surface area (Å²) >= 11 is 6.20. The third kappa shape index (κ3) is 2.64. The zero-order valence-electron chi connectivity index (χ0n) is 15.9. The first-order valence-electron chi connectivity index (χ1n) is 9.47. The Labute approximate surface area is 169 Å². The molecule has 5 aromatic rings. The molecule has 0 saturated heterocycles. The van der Waals surface area contributed by atoms with Crippen LogP contribution in [-0.4, -0.2) is 9.13 Å². The molecule has 3 aromatic carbocycles. The highest BCUT2D eigenvalue weighted by molar-refractivity contribution is 6.30. The van der Waals surface area contributed by atoms with Crippen LogP contribution >= 0.6 is 11.6 Å². The molecule has 0 fully saturated rings. The Hall–Kier alpha value is -2.97. The maximum Gasteiger partial charge on any atom is 0.0480 e. The van der Waals surface area contributed by atoms with Crippen molar-refractivity contribution in [3.63, 3.8) is 0 Å². The zero-order chi connectivity index (χ0) is 19.3. The lowest BCUT2D eigenvalue weighted by Gasteiger charge is -2.17. The van der Waals surface area contributed by atoms with Gasteiger partial charge in [-0.2, -0.15) is 0 Å². The van der Waals surface area contributed by atoms with E-state index in [2.05, 4.69) is 96.3 Å². The van der Waals surface area contributed by atoms with Gasteiger partial charge in [0.1, 0.15) is 0 Å². The zero-order valence-corrected chi connectivity index (χ0v) is 16.7. The summed E-state index contributed by atoms with van der Waals surface area (Å²) in [7, 11) is 4.24. The van der Waals surface area contributed by atoms with E-state index in [9.17, 15) is 0 Å². The van der Waals surface area contributed by atoms with Crippen LogP contribution in [0.4, 0.5) is 0 Å². The van der Waals surface area contributed by atoms with Crippen LogP contribution in [-0.2, 0) is 14.1 Å². The summed E-state index contributed by atoms with van der Waals surface area (Å²) in [6.07, 6.45) is 4.54. The van der Waals surface area contributed by atoms with Gasteiger partial charge < -0.3 is 9.13 Å². The first-order chi connectivity index (χ1) is 13.6. The molecule has 0 radical (unpaired) electrons. The van der Waals surface area contributed by atoms with Gasteiger partial charge in [0, 0.05) is 59.2 Å². The minimum absolute atomic E-state index is 0.134. The normalized spacial score (nSPS) is 11.7. The lowest BCUT2D eigenvalue weighted by molar-refractivity contribution is 0.912. The highest BCUT2D eigenvalue weighted by Crippen LogP contribution is 2.40. The monoisotopic (exact) mass is 384 g/mol. The molecule has 0 amide bonds. The van der Waals surface area contributed by atoms with E-state index in [-0.39, 0.29) is 5.92 Å². The molecule has 0 unspecified atom stereocenters. The van der Waals surface area contributed by atoms with Crippen molar-refractivity contribution in [3.8, 4) is 0 Å². The number of hydrogen-bond donors (Lipinski definition) is 0. The summed E-state index contributed by atoms with van der Waals surface area (Å²) in [5.41, 5.74) is 6.37. The van der Waals surface area contributed by atoms with Gasteiger partial charge in [-0.15, -0.1) is 0 Å². The number of hydrogen-bond acceptors (Lipinski definition) is 0. The summed E-state index contributed by atoms with van der Waals surface area (Å²) in [5, 5.41) is 3.34. The molecule has 28 heavy (non-hydrogen) atoms. The SMILES string of the molecule is Cn1cc(C(c2ccc(Cl)cc2)c2cn(C)c3ccccc23)c2ccccc21. The summed E-state index contributed by atoms with van der Waals surface area (Å²) < 4.78 is 4.44. The molecule has 0 aliphatic rings. The second-order valence-corrected chi connectivity index (χ2v) is 7.85. The summed E-state index contributed by atoms with van der Waals surface area (Å²) in [6.45, 7) is 0. The van der Waals surface area contributed by atoms with Gasteiger partial charge in [-0.05, 0) is 41.0 Å². The Morgan fingerprint density at radius 2 is 1.11 bits per heavy atom. The topological polar surface area (TPSA) is 9.86 Å². The van der Waals surface area contributed by atoms with Crippen molar-refractivity contribution in [1.82, 2.24) is 9.13 Å². The molecular weight excluding hydrogens is 364 g/mol. The number of nitrogens with zero attached hydrogens (tertiary/aromatic N) is 2. The molecule has 2 aromatic heterocycles. The lowest BCUT2D eigenvalue weighted by Crippen LogP contribution is -2.02. The third-order valence-electron chi connectivity index (χ3n) is 5.68. The van der Waals surface area contributed by atoms with Gasteiger partial charge in [0.2, 0.25) is 0 Å². The van der Waals surface area contributed by atoms with Crippen molar-refractivity contribution in [1.29, 1.82) is 0 Å². The Morgan fingerprint density at radius 1 is 0.643 bits per heavy atom. The quantitative estimate of drug-likeness (QED) is 0.336. The van der Waals surface area contributed by atoms with Crippen molar-refractivity contribution in [2.45, 2.75) is 5.92 Å². The van der Waals surface area contributed by atoms with Gasteiger partial charge >= 0.3 is 0 Å². The lowest BCUT2D eigenvalue weighted by atomic mass is 9.85. The van der Waals surface area contributed by atoms with Crippen LogP contribution in [0.15, 0.2) is 85.2 Å². The molecule has 5 rings (SSSR count). The van der Waals surface area contributed by atoms with E-state index in [4.69, 9.17) is 11.6 Å². The van der Waals surface area contributed by atoms with Gasteiger partial charge in [-0.25, -0.2) is 0 Å². The molecule has 0 bridgehead atoms. The van der Waals surface area contributed by atoms with E-state index in [0.29, 0.717) is 0 Å². The molecule has 138 valence electrons. The van der Waals surface area contributed by atoms with E-state index in [1.165, 1.54) is 38.5 Å². The fourth-order valence-electron chi connectivity index (χ4n) is 4.39. The average Bonchev–Trinajstić information content (AvgIpc) is 3.22. The molecule has 0 aliphatic heterocycles. The van der Waals surface area contributed by atoms with Crippen molar-refractivity contribution in [2.24, 2.45) is 14.1 Å². The number of para-hydroxylation sites is 2. The van der Waals surface area contributed by atoms with E-state index in [1.54, 1.807) is 0 Å². The number of fused-ring (bicyclic) bond motifs is 2. The van der Waals surface area contributed by atoms with Gasteiger partial charge in [0.25, 0.3) is 0 Å². The maximum atomic E-state index is 6.20. The average molecular weight is 385 g/mol. The van der Waals surface area contributed by atoms with Gasteiger partial charge in [-0.3, -0.25) is 0 Å². The van der Waals surface area contributed by atoms with Crippen LogP contribution in [0.3, 0.4) is 0 Å². The Morgan fingerprint density at radius 3 is 1.61 bits per heavy atom. The van der Waals surface area contributed by atoms with Crippen LogP contribution in [0.1, 0.15) is 22.6 Å². The largest absolute Gasteiger partial charge is 0.350 e. The summed E-state index contributed by atoms with van der Waals surface area (Å²) in [4.78, 5) is 0. The third-order valence-corrected chi connectivity index (χ3v) is 5.93. The predicted octanol–water partition coefficient (Wildman–Crippen LogP) is 6.50. The van der Waals surface area contributed by atoms with Crippen molar-refractivity contribution < 1.29 is 0 Å². The molecule has 0 saturated carbocycles. The Bertz CT molecular complexity index is 1210. The maximum absolute atomic E-state index is 6.20. The Kier molecular flexibility index (Phi) is 4.03. The highest BCUT2D eigenvalue weighted by Gasteiger charge is 2.24. The van der Waals surface area contributed by atoms with Gasteiger partial charge in [0.05, 0.1) is 0 Å². The fraction of sp³-hybridized carbons (Fsp3) is 0.120. The van der Waals surface area contributed by atoms with Crippen molar-refractivity contribution >= 4 is 33.4 Å². The number of aromatic nitrogens is 2. The molecule has 3 heteroatoms. The van der Waals surface area contributed by atoms with Crippen LogP contribution in [0.2, 0.25) is 5.02 Å². The number of rotatable bonds is 3. The number of benzene rings is 3. The van der Waals surface area contributed by atoms with E-state index in [1.807, 2.05) is 12.1 Å². The molecule has 2 nitrogen and oxygen atoms in total. The molecule has 0 atom stereocenters. The Balaban J connectivity index is 1.84. The summed E-state index contributed by atoms with van der Waals surface area (Å²) in [6, 6.07) is 25.5. The molecular formula is C25H21ClN2. The van der Waals surface area contributed by atoms with Crippen LogP contribution < -0.4 is 0 Å². The minimum Gasteiger partial charge on any atom is -0.350 e. The van der Waals surface area contributed by atoms with Crippen LogP contribution in [0.5, 0.6) is 0 Å². The first-order valence-corrected chi connectivity index (χ1v) is 9.84. The second-order valence-electron chi connectivity index (χ2n) is 7.41. The highest BCUT2D eigenvalue weighted by atomic mass is 35.5. The smallest absolute Gasteiger partial charge is 0.0480 e. The van der Waals surface area contributed by atoms with Crippen molar-refractivity contribution in [3.05, 3.63) is 107 Å². The van der Waals surface area contributed by atoms with E-state index >= 15 is 0 Å². The summed E-state index contributed by atoms with van der Waals surface area (Å²) in [5.74, 6) is 0.134.